The predicted octanol–water partition coefficient (Wildman–Crippen LogP) is 2.48. The molecule has 1 saturated heterocycles. The fourth-order valence-corrected chi connectivity index (χ4v) is 2.68. The first-order valence-corrected chi connectivity index (χ1v) is 6.58. The van der Waals surface area contributed by atoms with Crippen LogP contribution in [0.25, 0.3) is 0 Å². The summed E-state index contributed by atoms with van der Waals surface area (Å²) in [5, 5.41) is 0. The van der Waals surface area contributed by atoms with E-state index in [2.05, 4.69) is 25.7 Å². The molecule has 0 amide bonds. The average molecular weight is 212 g/mol. The SMILES string of the molecule is CCC1(CC)CCN(CC(C)CN)CC1. The van der Waals surface area contributed by atoms with E-state index in [1.165, 1.54) is 45.3 Å². The van der Waals surface area contributed by atoms with Crippen LogP contribution < -0.4 is 5.73 Å². The van der Waals surface area contributed by atoms with Crippen LogP contribution in [0, 0.1) is 11.3 Å². The molecule has 2 N–H and O–H groups in total. The standard InChI is InChI=1S/C13H28N2/c1-4-13(5-2)6-8-15(9-7-13)11-12(3)10-14/h12H,4-11,14H2,1-3H3. The Morgan fingerprint density at radius 2 is 1.73 bits per heavy atom. The highest BCUT2D eigenvalue weighted by molar-refractivity contribution is 4.84. The van der Waals surface area contributed by atoms with Gasteiger partial charge in [-0.25, -0.2) is 0 Å². The molecule has 0 spiro atoms. The zero-order chi connectivity index (χ0) is 11.3. The number of hydrogen-bond donors (Lipinski definition) is 1. The van der Waals surface area contributed by atoms with Crippen molar-refractivity contribution < 1.29 is 0 Å². The molecule has 0 aliphatic carbocycles. The van der Waals surface area contributed by atoms with E-state index in [4.69, 9.17) is 5.73 Å². The van der Waals surface area contributed by atoms with E-state index in [9.17, 15) is 0 Å². The number of nitrogens with two attached hydrogens (primary N) is 1. The van der Waals surface area contributed by atoms with E-state index in [0.717, 1.165) is 6.54 Å². The molecule has 1 aliphatic heterocycles. The number of nitrogens with zero attached hydrogens (tertiary/aromatic N) is 1. The maximum atomic E-state index is 5.67. The minimum Gasteiger partial charge on any atom is -0.330 e. The van der Waals surface area contributed by atoms with Crippen molar-refractivity contribution in [2.45, 2.75) is 46.5 Å². The molecule has 1 unspecified atom stereocenters. The van der Waals surface area contributed by atoms with E-state index in [-0.39, 0.29) is 0 Å². The fourth-order valence-electron chi connectivity index (χ4n) is 2.68. The van der Waals surface area contributed by atoms with Crippen molar-refractivity contribution in [3.8, 4) is 0 Å². The van der Waals surface area contributed by atoms with Crippen LogP contribution >= 0.6 is 0 Å². The predicted molar refractivity (Wildman–Crippen MR) is 66.9 cm³/mol. The Morgan fingerprint density at radius 3 is 2.13 bits per heavy atom. The second-order valence-electron chi connectivity index (χ2n) is 5.35. The monoisotopic (exact) mass is 212 g/mol. The highest BCUT2D eigenvalue weighted by Gasteiger charge is 2.31. The molecule has 1 fully saturated rings. The normalized spacial score (nSPS) is 24.0. The van der Waals surface area contributed by atoms with Gasteiger partial charge >= 0.3 is 0 Å². The summed E-state index contributed by atoms with van der Waals surface area (Å²) < 4.78 is 0. The molecule has 0 bridgehead atoms. The molecule has 0 aromatic heterocycles. The molecular weight excluding hydrogens is 184 g/mol. The number of rotatable bonds is 5. The van der Waals surface area contributed by atoms with E-state index < -0.39 is 0 Å². The lowest BCUT2D eigenvalue weighted by atomic mass is 9.74. The first-order valence-electron chi connectivity index (χ1n) is 6.58. The smallest absolute Gasteiger partial charge is 0.00191 e. The lowest BCUT2D eigenvalue weighted by Crippen LogP contribution is -2.42. The van der Waals surface area contributed by atoms with Crippen molar-refractivity contribution in [2.24, 2.45) is 17.1 Å². The van der Waals surface area contributed by atoms with Crippen molar-refractivity contribution in [3.63, 3.8) is 0 Å². The topological polar surface area (TPSA) is 29.3 Å². The van der Waals surface area contributed by atoms with E-state index in [1.807, 2.05) is 0 Å². The van der Waals surface area contributed by atoms with Gasteiger partial charge in [-0.15, -0.1) is 0 Å². The van der Waals surface area contributed by atoms with Gasteiger partial charge in [-0.05, 0) is 43.8 Å². The third kappa shape index (κ3) is 3.46. The zero-order valence-electron chi connectivity index (χ0n) is 10.8. The van der Waals surface area contributed by atoms with Crippen LogP contribution in [0.2, 0.25) is 0 Å². The summed E-state index contributed by atoms with van der Waals surface area (Å²) in [4.78, 5) is 2.60. The Morgan fingerprint density at radius 1 is 1.20 bits per heavy atom. The summed E-state index contributed by atoms with van der Waals surface area (Å²) >= 11 is 0. The van der Waals surface area contributed by atoms with Gasteiger partial charge in [0, 0.05) is 6.54 Å². The van der Waals surface area contributed by atoms with Crippen LogP contribution in [0.3, 0.4) is 0 Å². The molecule has 0 radical (unpaired) electrons. The lowest BCUT2D eigenvalue weighted by molar-refractivity contribution is 0.0869. The largest absolute Gasteiger partial charge is 0.330 e. The summed E-state index contributed by atoms with van der Waals surface area (Å²) in [6.45, 7) is 11.5. The van der Waals surface area contributed by atoms with Crippen molar-refractivity contribution >= 4 is 0 Å². The highest BCUT2D eigenvalue weighted by Crippen LogP contribution is 2.37. The van der Waals surface area contributed by atoms with Gasteiger partial charge in [0.05, 0.1) is 0 Å². The van der Waals surface area contributed by atoms with E-state index >= 15 is 0 Å². The van der Waals surface area contributed by atoms with Gasteiger partial charge in [0.15, 0.2) is 0 Å². The van der Waals surface area contributed by atoms with E-state index in [1.54, 1.807) is 0 Å². The molecule has 1 atom stereocenters. The minimum atomic E-state index is 0.653. The molecule has 0 saturated carbocycles. The third-order valence-corrected chi connectivity index (χ3v) is 4.39. The second kappa shape index (κ2) is 5.86. The molecule has 90 valence electrons. The Labute approximate surface area is 95.2 Å². The summed E-state index contributed by atoms with van der Waals surface area (Å²) in [6, 6.07) is 0. The summed E-state index contributed by atoms with van der Waals surface area (Å²) in [6.07, 6.45) is 5.47. The maximum absolute atomic E-state index is 5.67. The van der Waals surface area contributed by atoms with Crippen molar-refractivity contribution in [1.29, 1.82) is 0 Å². The number of hydrogen-bond acceptors (Lipinski definition) is 2. The van der Waals surface area contributed by atoms with Crippen LogP contribution in [-0.2, 0) is 0 Å². The van der Waals surface area contributed by atoms with Gasteiger partial charge in [-0.3, -0.25) is 0 Å². The van der Waals surface area contributed by atoms with Gasteiger partial charge in [0.25, 0.3) is 0 Å². The van der Waals surface area contributed by atoms with Gasteiger partial charge in [-0.2, -0.15) is 0 Å². The van der Waals surface area contributed by atoms with Crippen LogP contribution in [0.5, 0.6) is 0 Å². The molecule has 15 heavy (non-hydrogen) atoms. The second-order valence-corrected chi connectivity index (χ2v) is 5.35. The molecule has 1 aliphatic rings. The summed E-state index contributed by atoms with van der Waals surface area (Å²) in [7, 11) is 0. The zero-order valence-corrected chi connectivity index (χ0v) is 10.8. The Bertz CT molecular complexity index is 165. The van der Waals surface area contributed by atoms with Crippen LogP contribution in [-0.4, -0.2) is 31.1 Å². The number of likely N-dealkylation sites (tertiary alicyclic amines) is 1. The Hall–Kier alpha value is -0.0800. The molecule has 1 heterocycles. The quantitative estimate of drug-likeness (QED) is 0.758. The van der Waals surface area contributed by atoms with Crippen molar-refractivity contribution in [3.05, 3.63) is 0 Å². The van der Waals surface area contributed by atoms with Crippen LogP contribution in [0.15, 0.2) is 0 Å². The summed E-state index contributed by atoms with van der Waals surface area (Å²) in [5.41, 5.74) is 6.32. The van der Waals surface area contributed by atoms with Gasteiger partial charge < -0.3 is 10.6 Å². The molecule has 0 aromatic carbocycles. The molecular formula is C13H28N2. The molecule has 2 nitrogen and oxygen atoms in total. The Kier molecular flexibility index (Phi) is 5.07. The molecule has 2 heteroatoms. The van der Waals surface area contributed by atoms with Gasteiger partial charge in [0.1, 0.15) is 0 Å². The highest BCUT2D eigenvalue weighted by atomic mass is 15.1. The number of piperidine rings is 1. The lowest BCUT2D eigenvalue weighted by Gasteiger charge is -2.41. The average Bonchev–Trinajstić information content (AvgIpc) is 2.30. The third-order valence-electron chi connectivity index (χ3n) is 4.39. The van der Waals surface area contributed by atoms with Crippen LogP contribution in [0.4, 0.5) is 0 Å². The molecule has 1 rings (SSSR count). The maximum Gasteiger partial charge on any atom is 0.00191 e. The van der Waals surface area contributed by atoms with Crippen molar-refractivity contribution in [1.82, 2.24) is 4.90 Å². The minimum absolute atomic E-state index is 0.653. The molecule has 0 aromatic rings. The van der Waals surface area contributed by atoms with E-state index in [0.29, 0.717) is 11.3 Å². The van der Waals surface area contributed by atoms with Crippen molar-refractivity contribution in [2.75, 3.05) is 26.2 Å². The van der Waals surface area contributed by atoms with Crippen LogP contribution in [0.1, 0.15) is 46.5 Å². The van der Waals surface area contributed by atoms with Gasteiger partial charge in [0.2, 0.25) is 0 Å². The summed E-state index contributed by atoms with van der Waals surface area (Å²) in [5.74, 6) is 0.653. The Balaban J connectivity index is 2.35. The first-order chi connectivity index (χ1) is 7.15. The van der Waals surface area contributed by atoms with Gasteiger partial charge in [-0.1, -0.05) is 33.6 Å². The fraction of sp³-hybridized carbons (Fsp3) is 1.00. The first kappa shape index (κ1) is 13.0.